The van der Waals surface area contributed by atoms with E-state index < -0.39 is 23.0 Å². The van der Waals surface area contributed by atoms with Crippen molar-refractivity contribution in [2.45, 2.75) is 6.92 Å². The number of carbonyl (C=O) groups excluding carboxylic acids is 1. The van der Waals surface area contributed by atoms with Crippen LogP contribution in [0.2, 0.25) is 0 Å². The molecule has 2 rings (SSSR count). The van der Waals surface area contributed by atoms with Gasteiger partial charge in [0, 0.05) is 0 Å². The maximum Gasteiger partial charge on any atom is 0.202 e. The number of hydrogen-bond acceptors (Lipinski definition) is 2. The monoisotopic (exact) mass is 340 g/mol. The van der Waals surface area contributed by atoms with Gasteiger partial charge in [-0.2, -0.15) is 0 Å². The fraction of sp³-hybridized carbons (Fsp3) is 0.133. The summed E-state index contributed by atoms with van der Waals surface area (Å²) in [5.41, 5.74) is -0.461. The van der Waals surface area contributed by atoms with Crippen LogP contribution in [0.25, 0.3) is 0 Å². The second-order valence-corrected chi connectivity index (χ2v) is 4.83. The van der Waals surface area contributed by atoms with E-state index in [-0.39, 0.29) is 10.0 Å². The number of benzene rings is 2. The van der Waals surface area contributed by atoms with Gasteiger partial charge in [-0.25, -0.2) is 8.78 Å². The number of para-hydroxylation sites is 1. The Balaban J connectivity index is 2.55. The molecule has 0 aliphatic heterocycles. The quantitative estimate of drug-likeness (QED) is 0.610. The van der Waals surface area contributed by atoms with Gasteiger partial charge < -0.3 is 4.74 Å². The SMILES string of the molecule is CCOc1ccccc1C(=O)c1c(F)ccc(Br)c1F. The Labute approximate surface area is 123 Å². The minimum absolute atomic E-state index is 0.0381. The molecule has 0 saturated carbocycles. The highest BCUT2D eigenvalue weighted by Gasteiger charge is 2.23. The molecule has 0 amide bonds. The van der Waals surface area contributed by atoms with E-state index in [2.05, 4.69) is 15.9 Å². The molecule has 0 unspecified atom stereocenters. The lowest BCUT2D eigenvalue weighted by Gasteiger charge is -2.10. The Morgan fingerprint density at radius 3 is 2.60 bits per heavy atom. The minimum Gasteiger partial charge on any atom is -0.493 e. The van der Waals surface area contributed by atoms with Crippen LogP contribution >= 0.6 is 15.9 Å². The van der Waals surface area contributed by atoms with E-state index in [1.54, 1.807) is 25.1 Å². The minimum atomic E-state index is -0.915. The Hall–Kier alpha value is -1.75. The normalized spacial score (nSPS) is 10.4. The van der Waals surface area contributed by atoms with Crippen molar-refractivity contribution >= 4 is 21.7 Å². The molecule has 0 aromatic heterocycles. The van der Waals surface area contributed by atoms with Gasteiger partial charge in [0.05, 0.1) is 22.2 Å². The average molecular weight is 341 g/mol. The molecule has 0 aliphatic carbocycles. The number of hydrogen-bond donors (Lipinski definition) is 0. The standard InChI is InChI=1S/C15H11BrF2O2/c1-2-20-12-6-4-3-5-9(12)15(19)13-11(17)8-7-10(16)14(13)18/h3-8H,2H2,1H3. The molecule has 0 bridgehead atoms. The summed E-state index contributed by atoms with van der Waals surface area (Å²) in [6, 6.07) is 8.64. The fourth-order valence-corrected chi connectivity index (χ4v) is 2.14. The smallest absolute Gasteiger partial charge is 0.202 e. The largest absolute Gasteiger partial charge is 0.493 e. The Morgan fingerprint density at radius 2 is 1.90 bits per heavy atom. The van der Waals surface area contributed by atoms with Gasteiger partial charge in [0.25, 0.3) is 0 Å². The first-order valence-electron chi connectivity index (χ1n) is 5.96. The van der Waals surface area contributed by atoms with Gasteiger partial charge in [0.15, 0.2) is 5.82 Å². The first-order chi connectivity index (χ1) is 9.56. The number of ketones is 1. The van der Waals surface area contributed by atoms with Crippen molar-refractivity contribution in [1.82, 2.24) is 0 Å². The zero-order valence-corrected chi connectivity index (χ0v) is 12.2. The molecule has 0 spiro atoms. The Morgan fingerprint density at radius 1 is 1.20 bits per heavy atom. The van der Waals surface area contributed by atoms with Crippen molar-refractivity contribution in [1.29, 1.82) is 0 Å². The molecule has 5 heteroatoms. The lowest BCUT2D eigenvalue weighted by molar-refractivity contribution is 0.102. The highest BCUT2D eigenvalue weighted by atomic mass is 79.9. The van der Waals surface area contributed by atoms with Crippen LogP contribution in [0.1, 0.15) is 22.8 Å². The van der Waals surface area contributed by atoms with E-state index >= 15 is 0 Å². The third-order valence-corrected chi connectivity index (χ3v) is 3.32. The molecule has 0 saturated heterocycles. The van der Waals surface area contributed by atoms with E-state index in [0.29, 0.717) is 12.4 Å². The first kappa shape index (κ1) is 14.7. The summed E-state index contributed by atoms with van der Waals surface area (Å²) in [7, 11) is 0. The van der Waals surface area contributed by atoms with Gasteiger partial charge in [-0.1, -0.05) is 12.1 Å². The first-order valence-corrected chi connectivity index (χ1v) is 6.75. The lowest BCUT2D eigenvalue weighted by atomic mass is 10.0. The number of halogens is 3. The maximum absolute atomic E-state index is 14.0. The predicted octanol–water partition coefficient (Wildman–Crippen LogP) is 4.36. The fourth-order valence-electron chi connectivity index (χ4n) is 1.81. The average Bonchev–Trinajstić information content (AvgIpc) is 2.44. The molecule has 0 atom stereocenters. The third-order valence-electron chi connectivity index (χ3n) is 2.70. The number of rotatable bonds is 4. The molecular weight excluding hydrogens is 330 g/mol. The molecule has 0 aliphatic rings. The van der Waals surface area contributed by atoms with Crippen LogP contribution in [0, 0.1) is 11.6 Å². The van der Waals surface area contributed by atoms with Gasteiger partial charge in [0.1, 0.15) is 11.6 Å². The van der Waals surface area contributed by atoms with Crippen LogP contribution in [0.15, 0.2) is 40.9 Å². The van der Waals surface area contributed by atoms with Gasteiger partial charge >= 0.3 is 0 Å². The van der Waals surface area contributed by atoms with Gasteiger partial charge in [-0.3, -0.25) is 4.79 Å². The van der Waals surface area contributed by atoms with Crippen LogP contribution in [0.4, 0.5) is 8.78 Å². The van der Waals surface area contributed by atoms with Gasteiger partial charge in [-0.05, 0) is 47.1 Å². The van der Waals surface area contributed by atoms with Crippen molar-refractivity contribution in [2.24, 2.45) is 0 Å². The van der Waals surface area contributed by atoms with Gasteiger partial charge in [0.2, 0.25) is 5.78 Å². The van der Waals surface area contributed by atoms with E-state index in [4.69, 9.17) is 4.74 Å². The van der Waals surface area contributed by atoms with Crippen molar-refractivity contribution < 1.29 is 18.3 Å². The molecule has 0 heterocycles. The van der Waals surface area contributed by atoms with E-state index in [0.717, 1.165) is 6.07 Å². The predicted molar refractivity (Wildman–Crippen MR) is 75.1 cm³/mol. The summed E-state index contributed by atoms with van der Waals surface area (Å²) in [5, 5.41) is 0. The van der Waals surface area contributed by atoms with E-state index in [9.17, 15) is 13.6 Å². The van der Waals surface area contributed by atoms with Crippen LogP contribution in [-0.2, 0) is 0 Å². The van der Waals surface area contributed by atoms with Crippen molar-refractivity contribution in [3.05, 3.63) is 63.6 Å². The second kappa shape index (κ2) is 6.13. The summed E-state index contributed by atoms with van der Waals surface area (Å²) in [5.74, 6) is -2.26. The van der Waals surface area contributed by atoms with E-state index in [1.807, 2.05) is 0 Å². The summed E-state index contributed by atoms with van der Waals surface area (Å²) >= 11 is 2.95. The molecule has 0 N–H and O–H groups in total. The van der Waals surface area contributed by atoms with Crippen LogP contribution in [-0.4, -0.2) is 12.4 Å². The van der Waals surface area contributed by atoms with Crippen LogP contribution in [0.3, 0.4) is 0 Å². The molecule has 0 fully saturated rings. The highest BCUT2D eigenvalue weighted by Crippen LogP contribution is 2.27. The maximum atomic E-state index is 14.0. The van der Waals surface area contributed by atoms with Crippen molar-refractivity contribution in [2.75, 3.05) is 6.61 Å². The molecular formula is C15H11BrF2O2. The second-order valence-electron chi connectivity index (χ2n) is 3.98. The Kier molecular flexibility index (Phi) is 4.49. The molecule has 0 radical (unpaired) electrons. The van der Waals surface area contributed by atoms with Gasteiger partial charge in [-0.15, -0.1) is 0 Å². The van der Waals surface area contributed by atoms with E-state index in [1.165, 1.54) is 12.1 Å². The summed E-state index contributed by atoms with van der Waals surface area (Å²) in [6.45, 7) is 2.12. The van der Waals surface area contributed by atoms with Crippen molar-refractivity contribution in [3.8, 4) is 5.75 Å². The zero-order valence-electron chi connectivity index (χ0n) is 10.6. The Bertz CT molecular complexity index is 656. The highest BCUT2D eigenvalue weighted by molar-refractivity contribution is 9.10. The third kappa shape index (κ3) is 2.72. The molecule has 2 nitrogen and oxygen atoms in total. The molecule has 20 heavy (non-hydrogen) atoms. The number of ether oxygens (including phenoxy) is 1. The zero-order chi connectivity index (χ0) is 14.7. The molecule has 104 valence electrons. The van der Waals surface area contributed by atoms with Crippen LogP contribution < -0.4 is 4.74 Å². The van der Waals surface area contributed by atoms with Crippen molar-refractivity contribution in [3.63, 3.8) is 0 Å². The summed E-state index contributed by atoms with van der Waals surface area (Å²) in [6.07, 6.45) is 0. The lowest BCUT2D eigenvalue weighted by Crippen LogP contribution is -2.10. The topological polar surface area (TPSA) is 26.3 Å². The number of carbonyl (C=O) groups is 1. The molecule has 2 aromatic carbocycles. The molecule has 2 aromatic rings. The summed E-state index contributed by atoms with van der Waals surface area (Å²) in [4.78, 5) is 12.4. The summed E-state index contributed by atoms with van der Waals surface area (Å²) < 4.78 is 33.1. The van der Waals surface area contributed by atoms with Crippen LogP contribution in [0.5, 0.6) is 5.75 Å².